The molecule has 0 saturated carbocycles. The fraction of sp³-hybridized carbons (Fsp3) is 0.0500. The van der Waals surface area contributed by atoms with E-state index in [9.17, 15) is 4.79 Å². The van der Waals surface area contributed by atoms with Crippen LogP contribution < -0.4 is 5.32 Å². The van der Waals surface area contributed by atoms with Crippen molar-refractivity contribution in [1.29, 1.82) is 0 Å². The first-order valence-electron chi connectivity index (χ1n) is 8.88. The van der Waals surface area contributed by atoms with Crippen molar-refractivity contribution in [3.05, 3.63) is 78.6 Å². The number of amides is 1. The van der Waals surface area contributed by atoms with Gasteiger partial charge in [0, 0.05) is 22.8 Å². The summed E-state index contributed by atoms with van der Waals surface area (Å²) in [6.07, 6.45) is 6.83. The van der Waals surface area contributed by atoms with E-state index in [1.54, 1.807) is 29.3 Å². The van der Waals surface area contributed by atoms with E-state index in [1.165, 1.54) is 17.7 Å². The topological polar surface area (TPSA) is 90.0 Å². The minimum Gasteiger partial charge on any atom is -0.324 e. The second kappa shape index (κ2) is 7.28. The Kier molecular flexibility index (Phi) is 4.34. The quantitative estimate of drug-likeness (QED) is 0.488. The van der Waals surface area contributed by atoms with Crippen LogP contribution in [0.5, 0.6) is 0 Å². The molecule has 4 aromatic heterocycles. The Balaban J connectivity index is 1.30. The van der Waals surface area contributed by atoms with Crippen LogP contribution in [0.1, 0.15) is 5.69 Å². The summed E-state index contributed by atoms with van der Waals surface area (Å²) in [6.45, 7) is 0. The molecule has 0 radical (unpaired) electrons. The molecule has 0 spiro atoms. The fourth-order valence-corrected chi connectivity index (χ4v) is 3.87. The molecule has 0 fully saturated rings. The molecule has 29 heavy (non-hydrogen) atoms. The van der Waals surface area contributed by atoms with Crippen molar-refractivity contribution in [2.24, 2.45) is 0 Å². The monoisotopic (exact) mass is 401 g/mol. The molecule has 0 aliphatic carbocycles. The van der Waals surface area contributed by atoms with Crippen molar-refractivity contribution in [3.8, 4) is 17.1 Å². The van der Waals surface area contributed by atoms with E-state index in [0.717, 1.165) is 21.9 Å². The predicted octanol–water partition coefficient (Wildman–Crippen LogP) is 3.22. The van der Waals surface area contributed by atoms with Gasteiger partial charge in [0.25, 0.3) is 0 Å². The molecule has 0 atom stereocenters. The van der Waals surface area contributed by atoms with Crippen LogP contribution in [0.3, 0.4) is 0 Å². The van der Waals surface area contributed by atoms with E-state index >= 15 is 0 Å². The number of carbonyl (C=O) groups excluding carboxylic acids is 1. The Morgan fingerprint density at radius 3 is 2.79 bits per heavy atom. The molecule has 0 saturated heterocycles. The highest BCUT2D eigenvalue weighted by atomic mass is 32.1. The second-order valence-electron chi connectivity index (χ2n) is 6.34. The zero-order chi connectivity index (χ0) is 19.6. The largest absolute Gasteiger partial charge is 0.324 e. The number of benzene rings is 1. The predicted molar refractivity (Wildman–Crippen MR) is 110 cm³/mol. The number of thiazole rings is 1. The van der Waals surface area contributed by atoms with Crippen molar-refractivity contribution < 1.29 is 4.79 Å². The maximum atomic E-state index is 12.5. The average molecular weight is 401 g/mol. The molecule has 142 valence electrons. The first-order chi connectivity index (χ1) is 14.3. The summed E-state index contributed by atoms with van der Waals surface area (Å²) in [5.74, 6) is 0.516. The SMILES string of the molecule is O=C(Cc1csc2nc(-c3ccccc3)cn12)Nc1ccc(-n2cncn2)nc1. The van der Waals surface area contributed by atoms with Crippen LogP contribution in [0.2, 0.25) is 0 Å². The van der Waals surface area contributed by atoms with Gasteiger partial charge >= 0.3 is 0 Å². The van der Waals surface area contributed by atoms with Gasteiger partial charge in [-0.05, 0) is 12.1 Å². The number of hydrogen-bond acceptors (Lipinski definition) is 6. The summed E-state index contributed by atoms with van der Waals surface area (Å²) in [6, 6.07) is 13.6. The van der Waals surface area contributed by atoms with Gasteiger partial charge in [-0.2, -0.15) is 5.10 Å². The summed E-state index contributed by atoms with van der Waals surface area (Å²) in [7, 11) is 0. The Labute approximate surface area is 169 Å². The summed E-state index contributed by atoms with van der Waals surface area (Å²) >= 11 is 1.52. The average Bonchev–Trinajstić information content (AvgIpc) is 3.48. The molecule has 0 unspecified atom stereocenters. The van der Waals surface area contributed by atoms with Crippen LogP contribution in [0.15, 0.2) is 72.9 Å². The minimum absolute atomic E-state index is 0.116. The molecular weight excluding hydrogens is 386 g/mol. The van der Waals surface area contributed by atoms with Crippen molar-refractivity contribution in [2.75, 3.05) is 5.32 Å². The van der Waals surface area contributed by atoms with Gasteiger partial charge in [0.1, 0.15) is 12.7 Å². The van der Waals surface area contributed by atoms with Crippen LogP contribution in [-0.4, -0.2) is 35.0 Å². The van der Waals surface area contributed by atoms with Crippen molar-refractivity contribution in [1.82, 2.24) is 29.1 Å². The van der Waals surface area contributed by atoms with Gasteiger partial charge in [-0.3, -0.25) is 9.20 Å². The number of aromatic nitrogens is 6. The van der Waals surface area contributed by atoms with Gasteiger partial charge in [0.2, 0.25) is 5.91 Å². The van der Waals surface area contributed by atoms with E-state index < -0.39 is 0 Å². The zero-order valence-corrected chi connectivity index (χ0v) is 16.0. The molecule has 8 nitrogen and oxygen atoms in total. The summed E-state index contributed by atoms with van der Waals surface area (Å²) in [4.78, 5) is 26.2. The number of anilines is 1. The smallest absolute Gasteiger partial charge is 0.230 e. The lowest BCUT2D eigenvalue weighted by Gasteiger charge is -2.05. The lowest BCUT2D eigenvalue weighted by molar-refractivity contribution is -0.115. The number of fused-ring (bicyclic) bond motifs is 1. The standard InChI is InChI=1S/C20H15N7OS/c28-19(24-15-6-7-18(22-9-15)27-13-21-12-23-27)8-16-11-29-20-25-17(10-26(16)20)14-4-2-1-3-5-14/h1-7,9-13H,8H2,(H,24,28). The third kappa shape index (κ3) is 3.50. The number of rotatable bonds is 5. The highest BCUT2D eigenvalue weighted by Gasteiger charge is 2.13. The molecule has 4 heterocycles. The Bertz CT molecular complexity index is 1260. The maximum Gasteiger partial charge on any atom is 0.230 e. The van der Waals surface area contributed by atoms with Crippen LogP contribution >= 0.6 is 11.3 Å². The molecule has 1 amide bonds. The van der Waals surface area contributed by atoms with E-state index in [4.69, 9.17) is 0 Å². The molecule has 5 rings (SSSR count). The minimum atomic E-state index is -0.116. The third-order valence-corrected chi connectivity index (χ3v) is 5.27. The lowest BCUT2D eigenvalue weighted by Crippen LogP contribution is -2.15. The Morgan fingerprint density at radius 2 is 2.03 bits per heavy atom. The molecule has 0 bridgehead atoms. The van der Waals surface area contributed by atoms with Crippen LogP contribution in [-0.2, 0) is 11.2 Å². The summed E-state index contributed by atoms with van der Waals surface area (Å²) in [5.41, 5.74) is 3.47. The second-order valence-corrected chi connectivity index (χ2v) is 7.18. The summed E-state index contributed by atoms with van der Waals surface area (Å²) in [5, 5.41) is 8.87. The highest BCUT2D eigenvalue weighted by Crippen LogP contribution is 2.24. The first-order valence-corrected chi connectivity index (χ1v) is 9.76. The van der Waals surface area contributed by atoms with Gasteiger partial charge in [-0.25, -0.2) is 19.6 Å². The first kappa shape index (κ1) is 17.3. The highest BCUT2D eigenvalue weighted by molar-refractivity contribution is 7.15. The molecule has 5 aromatic rings. The van der Waals surface area contributed by atoms with Gasteiger partial charge in [-0.15, -0.1) is 11.3 Å². The molecular formula is C20H15N7OS. The number of nitrogens with zero attached hydrogens (tertiary/aromatic N) is 6. The molecule has 1 aromatic carbocycles. The zero-order valence-electron chi connectivity index (χ0n) is 15.1. The number of carbonyl (C=O) groups is 1. The maximum absolute atomic E-state index is 12.5. The van der Waals surface area contributed by atoms with Crippen molar-refractivity contribution in [3.63, 3.8) is 0 Å². The lowest BCUT2D eigenvalue weighted by atomic mass is 10.2. The van der Waals surface area contributed by atoms with Gasteiger partial charge in [-0.1, -0.05) is 30.3 Å². The molecule has 1 N–H and O–H groups in total. The van der Waals surface area contributed by atoms with Crippen LogP contribution in [0, 0.1) is 0 Å². The Hall–Kier alpha value is -3.85. The fourth-order valence-electron chi connectivity index (χ4n) is 3.00. The van der Waals surface area contributed by atoms with Gasteiger partial charge in [0.05, 0.1) is 24.0 Å². The normalized spacial score (nSPS) is 11.0. The van der Waals surface area contributed by atoms with Crippen LogP contribution in [0.25, 0.3) is 22.0 Å². The summed E-state index contributed by atoms with van der Waals surface area (Å²) < 4.78 is 3.52. The van der Waals surface area contributed by atoms with Gasteiger partial charge < -0.3 is 5.32 Å². The van der Waals surface area contributed by atoms with Crippen LogP contribution in [0.4, 0.5) is 5.69 Å². The number of pyridine rings is 1. The molecule has 9 heteroatoms. The number of nitrogens with one attached hydrogen (secondary N) is 1. The Morgan fingerprint density at radius 1 is 1.14 bits per heavy atom. The number of hydrogen-bond donors (Lipinski definition) is 1. The van der Waals surface area contributed by atoms with Crippen molar-refractivity contribution in [2.45, 2.75) is 6.42 Å². The van der Waals surface area contributed by atoms with Crippen molar-refractivity contribution >= 4 is 27.9 Å². The number of imidazole rings is 1. The van der Waals surface area contributed by atoms with E-state index in [1.807, 2.05) is 46.3 Å². The van der Waals surface area contributed by atoms with E-state index in [2.05, 4.69) is 25.4 Å². The van der Waals surface area contributed by atoms with Gasteiger partial charge in [0.15, 0.2) is 10.8 Å². The van der Waals surface area contributed by atoms with E-state index in [0.29, 0.717) is 11.5 Å². The molecule has 0 aliphatic rings. The molecule has 0 aliphatic heterocycles. The third-order valence-electron chi connectivity index (χ3n) is 4.38. The van der Waals surface area contributed by atoms with E-state index in [-0.39, 0.29) is 12.3 Å².